The number of methoxy groups -OCH3 is 2. The number of aliphatic hydroxyl groups excluding tert-OH is 4. The molecule has 0 aromatic rings. The average molecular weight is 418 g/mol. The van der Waals surface area contributed by atoms with Crippen LogP contribution in [-0.4, -0.2) is 90.2 Å². The van der Waals surface area contributed by atoms with Gasteiger partial charge in [0.05, 0.1) is 39.1 Å². The van der Waals surface area contributed by atoms with Gasteiger partial charge in [0.25, 0.3) is 0 Å². The lowest BCUT2D eigenvalue weighted by molar-refractivity contribution is -0.339. The van der Waals surface area contributed by atoms with Crippen LogP contribution in [0.3, 0.4) is 0 Å². The number of rotatable bonds is 7. The molecule has 0 amide bonds. The Bertz CT molecular complexity index is 631. The summed E-state index contributed by atoms with van der Waals surface area (Å²) in [5.74, 6) is -2.83. The fourth-order valence-electron chi connectivity index (χ4n) is 3.25. The molecule has 0 radical (unpaired) electrons. The van der Waals surface area contributed by atoms with Gasteiger partial charge in [-0.05, 0) is 0 Å². The van der Waals surface area contributed by atoms with E-state index >= 15 is 0 Å². The van der Waals surface area contributed by atoms with Gasteiger partial charge in [0, 0.05) is 11.8 Å². The maximum Gasteiger partial charge on any atom is 0.337 e. The van der Waals surface area contributed by atoms with E-state index in [4.69, 9.17) is 18.9 Å². The van der Waals surface area contributed by atoms with Gasteiger partial charge in [-0.1, -0.05) is 6.08 Å². The topological polar surface area (TPSA) is 161 Å². The summed E-state index contributed by atoms with van der Waals surface area (Å²) in [6, 6.07) is 0. The molecule has 0 bridgehead atoms. The molecule has 2 heterocycles. The summed E-state index contributed by atoms with van der Waals surface area (Å²) in [6.45, 7) is 3.06. The highest BCUT2D eigenvalue weighted by atomic mass is 16.8. The fourth-order valence-corrected chi connectivity index (χ4v) is 3.25. The molecule has 0 aromatic carbocycles. The molecule has 8 atom stereocenters. The summed E-state index contributed by atoms with van der Waals surface area (Å²) in [5, 5.41) is 39.2. The third-order valence-electron chi connectivity index (χ3n) is 4.93. The molecule has 0 aromatic heterocycles. The van der Waals surface area contributed by atoms with Crippen LogP contribution in [0.2, 0.25) is 0 Å². The lowest BCUT2D eigenvalue weighted by Crippen LogP contribution is -2.60. The molecule has 0 aliphatic carbocycles. The van der Waals surface area contributed by atoms with Crippen molar-refractivity contribution in [3.63, 3.8) is 0 Å². The number of carbonyl (C=O) groups excluding carboxylic acids is 2. The van der Waals surface area contributed by atoms with E-state index in [1.165, 1.54) is 20.3 Å². The van der Waals surface area contributed by atoms with Crippen molar-refractivity contribution in [2.45, 2.75) is 43.4 Å². The number of hydrogen-bond donors (Lipinski definition) is 4. The van der Waals surface area contributed by atoms with E-state index < -0.39 is 67.4 Å². The lowest BCUT2D eigenvalue weighted by Gasteiger charge is -2.42. The van der Waals surface area contributed by atoms with Gasteiger partial charge in [-0.2, -0.15) is 0 Å². The van der Waals surface area contributed by atoms with Crippen LogP contribution in [0, 0.1) is 11.8 Å². The highest BCUT2D eigenvalue weighted by Gasteiger charge is 2.47. The first-order valence-electron chi connectivity index (χ1n) is 8.88. The van der Waals surface area contributed by atoms with Gasteiger partial charge in [0.1, 0.15) is 24.4 Å². The van der Waals surface area contributed by atoms with Crippen LogP contribution >= 0.6 is 0 Å². The summed E-state index contributed by atoms with van der Waals surface area (Å²) in [4.78, 5) is 23.9. The van der Waals surface area contributed by atoms with E-state index in [-0.39, 0.29) is 12.0 Å². The molecule has 2 aliphatic rings. The fraction of sp³-hybridized carbons (Fsp3) is 0.667. The molecule has 164 valence electrons. The zero-order valence-corrected chi connectivity index (χ0v) is 16.0. The molecule has 4 N–H and O–H groups in total. The van der Waals surface area contributed by atoms with Gasteiger partial charge in [-0.15, -0.1) is 6.58 Å². The van der Waals surface area contributed by atoms with Gasteiger partial charge in [-0.25, -0.2) is 4.79 Å². The van der Waals surface area contributed by atoms with Crippen molar-refractivity contribution in [3.8, 4) is 0 Å². The van der Waals surface area contributed by atoms with Crippen molar-refractivity contribution in [1.29, 1.82) is 0 Å². The van der Waals surface area contributed by atoms with E-state index in [1.54, 1.807) is 0 Å². The monoisotopic (exact) mass is 418 g/mol. The second kappa shape index (κ2) is 10.1. The van der Waals surface area contributed by atoms with Crippen molar-refractivity contribution in [1.82, 2.24) is 0 Å². The summed E-state index contributed by atoms with van der Waals surface area (Å²) >= 11 is 0. The van der Waals surface area contributed by atoms with Crippen LogP contribution in [0.15, 0.2) is 24.5 Å². The van der Waals surface area contributed by atoms with Crippen molar-refractivity contribution in [2.24, 2.45) is 11.8 Å². The van der Waals surface area contributed by atoms with Gasteiger partial charge >= 0.3 is 11.9 Å². The highest BCUT2D eigenvalue weighted by Crippen LogP contribution is 2.37. The minimum atomic E-state index is -1.65. The standard InChI is InChI=1S/C18H26O11/c1-4-8-9(5-12(20)25-2)10(16(24)26-3)7-27-17(8)29-18-15(23)14(22)13(21)11(6-19)28-18/h4,7-9,11,13-15,17-19,21-23H,1,5-6H2,2-3H3/t8-,9+,11-,13-,14+,15-,17-,18+/m1/s1. The van der Waals surface area contributed by atoms with E-state index in [0.29, 0.717) is 0 Å². The molecule has 11 heteroatoms. The second-order valence-corrected chi connectivity index (χ2v) is 6.60. The number of aliphatic hydroxyl groups is 4. The molecule has 29 heavy (non-hydrogen) atoms. The first-order valence-corrected chi connectivity index (χ1v) is 8.88. The van der Waals surface area contributed by atoms with Gasteiger partial charge in [0.2, 0.25) is 6.29 Å². The quantitative estimate of drug-likeness (QED) is 0.273. The Labute approximate surface area is 167 Å². The number of carbonyl (C=O) groups is 2. The molecular formula is C18H26O11. The van der Waals surface area contributed by atoms with Crippen molar-refractivity contribution >= 4 is 11.9 Å². The lowest BCUT2D eigenvalue weighted by atomic mass is 9.81. The van der Waals surface area contributed by atoms with Crippen molar-refractivity contribution in [3.05, 3.63) is 24.5 Å². The summed E-state index contributed by atoms with van der Waals surface area (Å²) in [7, 11) is 2.38. The van der Waals surface area contributed by atoms with Crippen LogP contribution in [0.1, 0.15) is 6.42 Å². The Morgan fingerprint density at radius 1 is 1.14 bits per heavy atom. The maximum atomic E-state index is 12.1. The first kappa shape index (κ1) is 23.3. The van der Waals surface area contributed by atoms with Crippen molar-refractivity contribution in [2.75, 3.05) is 20.8 Å². The minimum absolute atomic E-state index is 0.0662. The van der Waals surface area contributed by atoms with E-state index in [2.05, 4.69) is 11.3 Å². The third-order valence-corrected chi connectivity index (χ3v) is 4.93. The second-order valence-electron chi connectivity index (χ2n) is 6.60. The Kier molecular flexibility index (Phi) is 8.14. The van der Waals surface area contributed by atoms with Gasteiger partial charge < -0.3 is 44.1 Å². The normalized spacial score (nSPS) is 37.1. The number of hydrogen-bond acceptors (Lipinski definition) is 11. The van der Waals surface area contributed by atoms with Crippen LogP contribution in [0.5, 0.6) is 0 Å². The Morgan fingerprint density at radius 2 is 1.83 bits per heavy atom. The van der Waals surface area contributed by atoms with Gasteiger partial charge in [0.15, 0.2) is 6.29 Å². The zero-order chi connectivity index (χ0) is 21.7. The van der Waals surface area contributed by atoms with Crippen LogP contribution < -0.4 is 0 Å². The molecule has 11 nitrogen and oxygen atoms in total. The predicted octanol–water partition coefficient (Wildman–Crippen LogP) is -1.80. The maximum absolute atomic E-state index is 12.1. The molecule has 0 unspecified atom stereocenters. The minimum Gasteiger partial charge on any atom is -0.471 e. The average Bonchev–Trinajstić information content (AvgIpc) is 2.73. The van der Waals surface area contributed by atoms with E-state index in [9.17, 15) is 30.0 Å². The largest absolute Gasteiger partial charge is 0.471 e. The number of ether oxygens (including phenoxy) is 5. The summed E-state index contributed by atoms with van der Waals surface area (Å²) < 4.78 is 25.7. The Hall–Kier alpha value is -2.02. The molecule has 1 fully saturated rings. The Balaban J connectivity index is 2.25. The third kappa shape index (κ3) is 4.94. The molecule has 0 saturated carbocycles. The molecule has 2 aliphatic heterocycles. The Morgan fingerprint density at radius 3 is 2.38 bits per heavy atom. The van der Waals surface area contributed by atoms with Gasteiger partial charge in [-0.3, -0.25) is 4.79 Å². The summed E-state index contributed by atoms with van der Waals surface area (Å²) in [6.07, 6.45) is -6.36. The first-order chi connectivity index (χ1) is 13.8. The zero-order valence-electron chi connectivity index (χ0n) is 16.0. The smallest absolute Gasteiger partial charge is 0.337 e. The van der Waals surface area contributed by atoms with Crippen LogP contribution in [-0.2, 0) is 33.3 Å². The molecule has 1 saturated heterocycles. The highest BCUT2D eigenvalue weighted by molar-refractivity contribution is 5.90. The van der Waals surface area contributed by atoms with Crippen LogP contribution in [0.4, 0.5) is 0 Å². The summed E-state index contributed by atoms with van der Waals surface area (Å²) in [5.41, 5.74) is 0.0662. The molecule has 0 spiro atoms. The molecular weight excluding hydrogens is 392 g/mol. The van der Waals surface area contributed by atoms with Crippen molar-refractivity contribution < 1.29 is 53.7 Å². The SMILES string of the molecule is C=C[C@H]1[C@@H](O[C@@H]2O[C@H](CO)[C@@H](O)[C@H](O)[C@H]2O)OC=C(C(=O)OC)[C@H]1CC(=O)OC. The van der Waals surface area contributed by atoms with E-state index in [0.717, 1.165) is 6.26 Å². The predicted molar refractivity (Wildman–Crippen MR) is 93.6 cm³/mol. The number of esters is 2. The van der Waals surface area contributed by atoms with Crippen LogP contribution in [0.25, 0.3) is 0 Å². The van der Waals surface area contributed by atoms with E-state index in [1.807, 2.05) is 0 Å². The molecule has 2 rings (SSSR count).